The molecule has 24 heavy (non-hydrogen) atoms. The Hall–Kier alpha value is -2.19. The molecule has 3 rings (SSSR count). The Kier molecular flexibility index (Phi) is 4.42. The Balaban J connectivity index is 1.96. The van der Waals surface area contributed by atoms with Gasteiger partial charge < -0.3 is 5.32 Å². The highest BCUT2D eigenvalue weighted by Crippen LogP contribution is 2.29. The Labute approximate surface area is 141 Å². The predicted molar refractivity (Wildman–Crippen MR) is 88.7 cm³/mol. The summed E-state index contributed by atoms with van der Waals surface area (Å²) >= 11 is 0. The summed E-state index contributed by atoms with van der Waals surface area (Å²) in [6.45, 7) is 2.25. The van der Waals surface area contributed by atoms with Gasteiger partial charge in [-0.15, -0.1) is 0 Å². The first kappa shape index (κ1) is 16.7. The molecule has 1 aliphatic heterocycles. The van der Waals surface area contributed by atoms with Gasteiger partial charge in [-0.1, -0.05) is 18.2 Å². The molecular formula is C16H20N4O3S. The van der Waals surface area contributed by atoms with E-state index in [1.54, 1.807) is 49.1 Å². The van der Waals surface area contributed by atoms with E-state index >= 15 is 0 Å². The summed E-state index contributed by atoms with van der Waals surface area (Å²) in [5, 5.41) is 6.83. The van der Waals surface area contributed by atoms with E-state index in [2.05, 4.69) is 10.4 Å². The second-order valence-corrected chi connectivity index (χ2v) is 7.77. The smallest absolute Gasteiger partial charge is 0.243 e. The van der Waals surface area contributed by atoms with Gasteiger partial charge in [0.1, 0.15) is 0 Å². The minimum atomic E-state index is -3.63. The van der Waals surface area contributed by atoms with Crippen molar-refractivity contribution >= 4 is 15.9 Å². The number of aryl methyl sites for hydroxylation is 1. The van der Waals surface area contributed by atoms with Crippen molar-refractivity contribution in [2.45, 2.75) is 30.8 Å². The fraction of sp³-hybridized carbons (Fsp3) is 0.375. The number of nitrogens with one attached hydrogen (secondary N) is 1. The van der Waals surface area contributed by atoms with Gasteiger partial charge in [-0.3, -0.25) is 9.48 Å². The highest BCUT2D eigenvalue weighted by Gasteiger charge is 2.35. The summed E-state index contributed by atoms with van der Waals surface area (Å²) in [5.41, 5.74) is 1.49. The average Bonchev–Trinajstić information content (AvgIpc) is 3.03. The van der Waals surface area contributed by atoms with Crippen LogP contribution in [-0.2, 0) is 21.4 Å². The molecule has 1 aromatic carbocycles. The summed E-state index contributed by atoms with van der Waals surface area (Å²) in [5.74, 6) is -0.142. The van der Waals surface area contributed by atoms with Crippen LogP contribution in [-0.4, -0.2) is 42.0 Å². The zero-order valence-electron chi connectivity index (χ0n) is 13.6. The second kappa shape index (κ2) is 6.37. The van der Waals surface area contributed by atoms with Crippen LogP contribution in [0.5, 0.6) is 0 Å². The number of benzene rings is 1. The Morgan fingerprint density at radius 2 is 2.08 bits per heavy atom. The quantitative estimate of drug-likeness (QED) is 0.896. The van der Waals surface area contributed by atoms with Crippen molar-refractivity contribution < 1.29 is 13.2 Å². The minimum absolute atomic E-state index is 0.142. The maximum absolute atomic E-state index is 13.0. The van der Waals surface area contributed by atoms with Gasteiger partial charge >= 0.3 is 0 Å². The summed E-state index contributed by atoms with van der Waals surface area (Å²) in [6.07, 6.45) is 1.82. The van der Waals surface area contributed by atoms with E-state index in [0.29, 0.717) is 10.5 Å². The third-order valence-electron chi connectivity index (χ3n) is 4.26. The number of sulfonamides is 1. The number of carbonyl (C=O) groups is 1. The van der Waals surface area contributed by atoms with E-state index in [4.69, 9.17) is 0 Å². The van der Waals surface area contributed by atoms with Crippen LogP contribution in [0.2, 0.25) is 0 Å². The van der Waals surface area contributed by atoms with Gasteiger partial charge in [0.05, 0.1) is 29.6 Å². The largest absolute Gasteiger partial charge is 0.359 e. The van der Waals surface area contributed by atoms with Crippen LogP contribution in [0.3, 0.4) is 0 Å². The molecule has 0 radical (unpaired) electrons. The molecule has 2 aromatic rings. The third-order valence-corrected chi connectivity index (χ3v) is 6.23. The molecule has 1 amide bonds. The highest BCUT2D eigenvalue weighted by atomic mass is 32.2. The molecular weight excluding hydrogens is 328 g/mol. The van der Waals surface area contributed by atoms with Crippen molar-refractivity contribution in [2.75, 3.05) is 13.6 Å². The van der Waals surface area contributed by atoms with E-state index in [-0.39, 0.29) is 31.5 Å². The first-order valence-corrected chi connectivity index (χ1v) is 9.16. The second-order valence-electron chi connectivity index (χ2n) is 5.86. The number of nitrogens with zero attached hydrogens (tertiary/aromatic N) is 3. The molecule has 1 N–H and O–H groups in total. The third kappa shape index (κ3) is 2.94. The molecule has 1 aliphatic rings. The summed E-state index contributed by atoms with van der Waals surface area (Å²) < 4.78 is 29.3. The molecule has 128 valence electrons. The zero-order chi connectivity index (χ0) is 17.3. The van der Waals surface area contributed by atoms with Crippen LogP contribution < -0.4 is 5.32 Å². The normalized spacial score (nSPS) is 18.2. The van der Waals surface area contributed by atoms with Crippen LogP contribution in [0.25, 0.3) is 0 Å². The molecule has 0 saturated heterocycles. The number of fused-ring (bicyclic) bond motifs is 1. The van der Waals surface area contributed by atoms with Crippen molar-refractivity contribution in [1.29, 1.82) is 0 Å². The summed E-state index contributed by atoms with van der Waals surface area (Å²) in [4.78, 5) is 12.1. The number of rotatable bonds is 4. The molecule has 8 heteroatoms. The fourth-order valence-electron chi connectivity index (χ4n) is 2.99. The number of carbonyl (C=O) groups excluding carboxylic acids is 1. The van der Waals surface area contributed by atoms with E-state index < -0.39 is 10.0 Å². The van der Waals surface area contributed by atoms with Gasteiger partial charge in [0.2, 0.25) is 15.9 Å². The topological polar surface area (TPSA) is 84.3 Å². The fourth-order valence-corrected chi connectivity index (χ4v) is 4.66. The maximum Gasteiger partial charge on any atom is 0.243 e. The highest BCUT2D eigenvalue weighted by molar-refractivity contribution is 7.89. The molecule has 0 aliphatic carbocycles. The van der Waals surface area contributed by atoms with E-state index in [1.807, 2.05) is 6.07 Å². The van der Waals surface area contributed by atoms with Crippen molar-refractivity contribution in [3.63, 3.8) is 0 Å². The number of aromatic nitrogens is 2. The maximum atomic E-state index is 13.0. The summed E-state index contributed by atoms with van der Waals surface area (Å²) in [7, 11) is -2.06. The monoisotopic (exact) mass is 348 g/mol. The van der Waals surface area contributed by atoms with Crippen molar-refractivity contribution in [3.05, 3.63) is 47.8 Å². The number of hydrogen-bond donors (Lipinski definition) is 1. The minimum Gasteiger partial charge on any atom is -0.359 e. The first-order valence-electron chi connectivity index (χ1n) is 7.72. The van der Waals surface area contributed by atoms with Crippen LogP contribution in [0.1, 0.15) is 23.7 Å². The molecule has 0 unspecified atom stereocenters. The van der Waals surface area contributed by atoms with Crippen LogP contribution in [0, 0.1) is 6.92 Å². The Morgan fingerprint density at radius 3 is 2.79 bits per heavy atom. The standard InChI is InChI=1S/C16H20N4O3S/c1-12-5-3-4-6-15(12)24(22,23)19-10-13-7-8-18-20(13)14(11-19)9-16(21)17-2/h3-8,14H,9-11H2,1-2H3,(H,17,21)/t14-/m0/s1. The van der Waals surface area contributed by atoms with Gasteiger partial charge in [0, 0.05) is 19.8 Å². The first-order chi connectivity index (χ1) is 11.4. The zero-order valence-corrected chi connectivity index (χ0v) is 14.5. The van der Waals surface area contributed by atoms with E-state index in [1.165, 1.54) is 4.31 Å². The van der Waals surface area contributed by atoms with Crippen molar-refractivity contribution in [1.82, 2.24) is 19.4 Å². The predicted octanol–water partition coefficient (Wildman–Crippen LogP) is 1.07. The molecule has 0 fully saturated rings. The van der Waals surface area contributed by atoms with Gasteiger partial charge in [-0.25, -0.2) is 8.42 Å². The van der Waals surface area contributed by atoms with Crippen LogP contribution in [0.15, 0.2) is 41.4 Å². The van der Waals surface area contributed by atoms with Crippen LogP contribution in [0.4, 0.5) is 0 Å². The average molecular weight is 348 g/mol. The Bertz CT molecular complexity index is 860. The van der Waals surface area contributed by atoms with Gasteiger partial charge in [-0.05, 0) is 24.6 Å². The SMILES string of the molecule is CNC(=O)C[C@H]1CN(S(=O)(=O)c2ccccc2C)Cc2ccnn21. The molecule has 0 bridgehead atoms. The summed E-state index contributed by atoms with van der Waals surface area (Å²) in [6, 6.07) is 8.40. The Morgan fingerprint density at radius 1 is 1.33 bits per heavy atom. The van der Waals surface area contributed by atoms with Crippen LogP contribution >= 0.6 is 0 Å². The van der Waals surface area contributed by atoms with Crippen molar-refractivity contribution in [3.8, 4) is 0 Å². The number of hydrogen-bond acceptors (Lipinski definition) is 4. The van der Waals surface area contributed by atoms with Gasteiger partial charge in [0.15, 0.2) is 0 Å². The van der Waals surface area contributed by atoms with E-state index in [0.717, 1.165) is 5.69 Å². The van der Waals surface area contributed by atoms with Gasteiger partial charge in [0.25, 0.3) is 0 Å². The molecule has 0 spiro atoms. The van der Waals surface area contributed by atoms with E-state index in [9.17, 15) is 13.2 Å². The number of amides is 1. The van der Waals surface area contributed by atoms with Crippen molar-refractivity contribution in [2.24, 2.45) is 0 Å². The lowest BCUT2D eigenvalue weighted by atomic mass is 10.1. The van der Waals surface area contributed by atoms with Gasteiger partial charge in [-0.2, -0.15) is 9.40 Å². The lowest BCUT2D eigenvalue weighted by molar-refractivity contribution is -0.121. The lowest BCUT2D eigenvalue weighted by Gasteiger charge is -2.33. The lowest BCUT2D eigenvalue weighted by Crippen LogP contribution is -2.42. The molecule has 0 saturated carbocycles. The molecule has 7 nitrogen and oxygen atoms in total. The molecule has 1 atom stereocenters. The molecule has 2 heterocycles. The molecule has 1 aromatic heterocycles.